The average molecular weight is 214 g/mol. The van der Waals surface area contributed by atoms with Gasteiger partial charge in [0.05, 0.1) is 5.11 Å². The number of benzene rings is 1. The van der Waals surface area contributed by atoms with Gasteiger partial charge < -0.3 is 5.21 Å². The number of hydrogen-bond donors (Lipinski definition) is 1. The molecule has 0 spiro atoms. The highest BCUT2D eigenvalue weighted by atomic mass is 16.5. The number of nitrogens with zero attached hydrogens (tertiary/aromatic N) is 3. The molecule has 2 aromatic rings. The first kappa shape index (κ1) is 10.3. The zero-order valence-corrected chi connectivity index (χ0v) is 8.91. The Morgan fingerprint density at radius 2 is 1.75 bits per heavy atom. The van der Waals surface area contributed by atoms with Gasteiger partial charge in [-0.2, -0.15) is 0 Å². The van der Waals surface area contributed by atoms with Crippen LogP contribution in [-0.2, 0) is 0 Å². The van der Waals surface area contributed by atoms with Crippen LogP contribution < -0.4 is 4.73 Å². The smallest absolute Gasteiger partial charge is 0.350 e. The molecular weight excluding hydrogens is 202 g/mol. The molecule has 0 saturated carbocycles. The van der Waals surface area contributed by atoms with E-state index in [0.29, 0.717) is 5.82 Å². The Morgan fingerprint density at radius 3 is 2.44 bits per heavy atom. The maximum Gasteiger partial charge on any atom is 0.388 e. The summed E-state index contributed by atoms with van der Waals surface area (Å²) in [5.41, 5.74) is 1.94. The topological polar surface area (TPSA) is 48.8 Å². The van der Waals surface area contributed by atoms with Crippen LogP contribution in [0.2, 0.25) is 0 Å². The lowest BCUT2D eigenvalue weighted by Crippen LogP contribution is -2.28. The molecule has 0 aliphatic rings. The molecule has 1 heterocycles. The third-order valence-corrected chi connectivity index (χ3v) is 2.12. The molecule has 0 atom stereocenters. The van der Waals surface area contributed by atoms with E-state index in [1.165, 1.54) is 11.8 Å². The zero-order chi connectivity index (χ0) is 11.4. The lowest BCUT2D eigenvalue weighted by atomic mass is 10.2. The minimum atomic E-state index is 0.392. The maximum atomic E-state index is 9.40. The number of hydrogen-bond acceptors (Lipinski definition) is 3. The van der Waals surface area contributed by atoms with Gasteiger partial charge in [-0.25, -0.2) is 0 Å². The summed E-state index contributed by atoms with van der Waals surface area (Å²) >= 11 is 0. The van der Waals surface area contributed by atoms with Crippen LogP contribution in [0.15, 0.2) is 58.9 Å². The number of aryl methyl sites for hydroxylation is 1. The van der Waals surface area contributed by atoms with Crippen LogP contribution in [0.4, 0.5) is 11.5 Å². The minimum absolute atomic E-state index is 0.392. The molecule has 4 nitrogen and oxygen atoms in total. The molecule has 0 amide bonds. The van der Waals surface area contributed by atoms with Crippen LogP contribution in [-0.4, -0.2) is 5.21 Å². The molecule has 1 N–H and O–H groups in total. The van der Waals surface area contributed by atoms with Crippen LogP contribution in [0.1, 0.15) is 5.56 Å². The molecule has 16 heavy (non-hydrogen) atoms. The summed E-state index contributed by atoms with van der Waals surface area (Å²) < 4.78 is 0.928. The quantitative estimate of drug-likeness (QED) is 0.466. The van der Waals surface area contributed by atoms with Crippen LogP contribution >= 0.6 is 0 Å². The molecule has 80 valence electrons. The molecule has 0 aliphatic heterocycles. The molecule has 1 aromatic heterocycles. The molecule has 4 heteroatoms. The van der Waals surface area contributed by atoms with Gasteiger partial charge in [0.2, 0.25) is 0 Å². The van der Waals surface area contributed by atoms with E-state index in [2.05, 4.69) is 10.2 Å². The van der Waals surface area contributed by atoms with E-state index >= 15 is 0 Å². The van der Waals surface area contributed by atoms with Crippen molar-refractivity contribution >= 4 is 11.5 Å². The van der Waals surface area contributed by atoms with Gasteiger partial charge in [0.15, 0.2) is 0 Å². The van der Waals surface area contributed by atoms with E-state index in [1.807, 2.05) is 31.2 Å². The molecular formula is C12H12N3O+. The fourth-order valence-corrected chi connectivity index (χ4v) is 1.23. The highest BCUT2D eigenvalue weighted by molar-refractivity contribution is 5.38. The predicted octanol–water partition coefficient (Wildman–Crippen LogP) is 2.94. The van der Waals surface area contributed by atoms with E-state index in [1.54, 1.807) is 18.2 Å². The Bertz CT molecular complexity index is 506. The van der Waals surface area contributed by atoms with Gasteiger partial charge in [-0.1, -0.05) is 17.7 Å². The monoisotopic (exact) mass is 214 g/mol. The van der Waals surface area contributed by atoms with E-state index in [0.717, 1.165) is 10.4 Å². The van der Waals surface area contributed by atoms with Crippen molar-refractivity contribution in [2.75, 3.05) is 0 Å². The molecule has 0 fully saturated rings. The van der Waals surface area contributed by atoms with Crippen molar-refractivity contribution in [3.8, 4) is 0 Å². The minimum Gasteiger partial charge on any atom is -0.350 e. The largest absolute Gasteiger partial charge is 0.388 e. The van der Waals surface area contributed by atoms with Crippen LogP contribution in [0, 0.1) is 6.92 Å². The van der Waals surface area contributed by atoms with Gasteiger partial charge in [0.1, 0.15) is 11.9 Å². The van der Waals surface area contributed by atoms with Crippen molar-refractivity contribution in [3.63, 3.8) is 0 Å². The Balaban J connectivity index is 2.21. The van der Waals surface area contributed by atoms with Crippen LogP contribution in [0.5, 0.6) is 0 Å². The maximum absolute atomic E-state index is 9.40. The van der Waals surface area contributed by atoms with Crippen molar-refractivity contribution in [1.29, 1.82) is 0 Å². The number of pyridine rings is 1. The van der Waals surface area contributed by atoms with E-state index in [-0.39, 0.29) is 0 Å². The van der Waals surface area contributed by atoms with Gasteiger partial charge in [-0.3, -0.25) is 0 Å². The van der Waals surface area contributed by atoms with Crippen molar-refractivity contribution in [2.24, 2.45) is 10.2 Å². The summed E-state index contributed by atoms with van der Waals surface area (Å²) in [6, 6.07) is 12.9. The third-order valence-electron chi connectivity index (χ3n) is 2.12. The second kappa shape index (κ2) is 4.53. The van der Waals surface area contributed by atoms with Crippen molar-refractivity contribution in [1.82, 2.24) is 0 Å². The first-order valence-electron chi connectivity index (χ1n) is 4.94. The first-order chi connectivity index (χ1) is 7.75. The zero-order valence-electron chi connectivity index (χ0n) is 8.91. The van der Waals surface area contributed by atoms with Gasteiger partial charge in [-0.05, 0) is 41.0 Å². The van der Waals surface area contributed by atoms with Crippen molar-refractivity contribution < 1.29 is 9.94 Å². The number of azo groups is 1. The SMILES string of the molecule is Cc1ccc(N=Nc2cccc[n+]2O)cc1. The highest BCUT2D eigenvalue weighted by Gasteiger charge is 2.05. The summed E-state index contributed by atoms with van der Waals surface area (Å²) in [6.07, 6.45) is 1.50. The summed E-state index contributed by atoms with van der Waals surface area (Å²) in [4.78, 5) is 0. The second-order valence-electron chi connectivity index (χ2n) is 3.44. The summed E-state index contributed by atoms with van der Waals surface area (Å²) in [5.74, 6) is 0.392. The average Bonchev–Trinajstić information content (AvgIpc) is 2.30. The fraction of sp³-hybridized carbons (Fsp3) is 0.0833. The first-order valence-corrected chi connectivity index (χ1v) is 4.94. The van der Waals surface area contributed by atoms with Crippen LogP contribution in [0.3, 0.4) is 0 Å². The summed E-state index contributed by atoms with van der Waals surface area (Å²) in [7, 11) is 0. The lowest BCUT2D eigenvalue weighted by molar-refractivity contribution is -0.894. The van der Waals surface area contributed by atoms with E-state index in [4.69, 9.17) is 0 Å². The third kappa shape index (κ3) is 2.42. The Hall–Kier alpha value is -2.23. The van der Waals surface area contributed by atoms with Crippen LogP contribution in [0.25, 0.3) is 0 Å². The molecule has 1 aromatic carbocycles. The summed E-state index contributed by atoms with van der Waals surface area (Å²) in [6.45, 7) is 2.01. The molecule has 0 aliphatic carbocycles. The normalized spacial score (nSPS) is 10.8. The van der Waals surface area contributed by atoms with Crippen molar-refractivity contribution in [2.45, 2.75) is 6.92 Å². The van der Waals surface area contributed by atoms with Gasteiger partial charge in [-0.15, -0.1) is 0 Å². The lowest BCUT2D eigenvalue weighted by Gasteiger charge is -1.90. The second-order valence-corrected chi connectivity index (χ2v) is 3.44. The Morgan fingerprint density at radius 1 is 1.00 bits per heavy atom. The predicted molar refractivity (Wildman–Crippen MR) is 59.2 cm³/mol. The fourth-order valence-electron chi connectivity index (χ4n) is 1.23. The van der Waals surface area contributed by atoms with E-state index in [9.17, 15) is 5.21 Å². The van der Waals surface area contributed by atoms with Gasteiger partial charge in [0, 0.05) is 6.07 Å². The molecule has 0 bridgehead atoms. The molecule has 2 rings (SSSR count). The van der Waals surface area contributed by atoms with Gasteiger partial charge in [0.25, 0.3) is 0 Å². The standard InChI is InChI=1S/C12H12N3O/c1-10-5-7-11(8-6-10)13-14-12-4-2-3-9-15(12)16/h2-9,16H,1H3/q+1. The van der Waals surface area contributed by atoms with E-state index < -0.39 is 0 Å². The number of aromatic nitrogens is 1. The molecule has 0 unspecified atom stereocenters. The highest BCUT2D eigenvalue weighted by Crippen LogP contribution is 2.15. The molecule has 0 radical (unpaired) electrons. The number of rotatable bonds is 2. The van der Waals surface area contributed by atoms with Crippen molar-refractivity contribution in [3.05, 3.63) is 54.2 Å². The van der Waals surface area contributed by atoms with Gasteiger partial charge >= 0.3 is 5.82 Å². The Kier molecular flexibility index (Phi) is 2.91. The molecule has 0 saturated heterocycles. The summed E-state index contributed by atoms with van der Waals surface area (Å²) in [5, 5.41) is 17.4. The Labute approximate surface area is 93.5 Å².